The van der Waals surface area contributed by atoms with Crippen molar-refractivity contribution in [1.29, 1.82) is 0 Å². The van der Waals surface area contributed by atoms with Crippen LogP contribution in [0.5, 0.6) is 0 Å². The summed E-state index contributed by atoms with van der Waals surface area (Å²) in [6, 6.07) is 0. The molecule has 0 heterocycles. The van der Waals surface area contributed by atoms with Crippen molar-refractivity contribution in [3.8, 4) is 0 Å². The van der Waals surface area contributed by atoms with Gasteiger partial charge < -0.3 is 15.2 Å². The van der Waals surface area contributed by atoms with Crippen molar-refractivity contribution in [2.24, 2.45) is 0 Å². The van der Waals surface area contributed by atoms with Crippen molar-refractivity contribution in [3.05, 3.63) is 0 Å². The molecule has 18 heavy (non-hydrogen) atoms. The van der Waals surface area contributed by atoms with Gasteiger partial charge in [-0.1, -0.05) is 6.42 Å². The van der Waals surface area contributed by atoms with Crippen LogP contribution < -0.4 is 5.32 Å². The first-order valence-corrected chi connectivity index (χ1v) is 5.86. The summed E-state index contributed by atoms with van der Waals surface area (Å²) in [6.07, 6.45) is -0.298. The number of ether oxygens (including phenoxy) is 1. The van der Waals surface area contributed by atoms with E-state index in [1.165, 1.54) is 0 Å². The van der Waals surface area contributed by atoms with Crippen molar-refractivity contribution < 1.29 is 28.2 Å². The van der Waals surface area contributed by atoms with Crippen LogP contribution in [-0.4, -0.2) is 43.2 Å². The van der Waals surface area contributed by atoms with Crippen LogP contribution in [0.15, 0.2) is 0 Å². The van der Waals surface area contributed by atoms with E-state index < -0.39 is 19.0 Å². The number of hydrogen-bond acceptors (Lipinski definition) is 3. The molecule has 0 aliphatic rings. The lowest BCUT2D eigenvalue weighted by Gasteiger charge is -2.05. The molecule has 0 saturated heterocycles. The van der Waals surface area contributed by atoms with E-state index in [-0.39, 0.29) is 25.4 Å². The largest absolute Gasteiger partial charge is 0.481 e. The van der Waals surface area contributed by atoms with Crippen LogP contribution in [0.2, 0.25) is 0 Å². The molecule has 106 valence electrons. The quantitative estimate of drug-likeness (QED) is 0.555. The Morgan fingerprint density at radius 3 is 2.50 bits per heavy atom. The lowest BCUT2D eigenvalue weighted by molar-refractivity contribution is -0.137. The summed E-state index contributed by atoms with van der Waals surface area (Å²) in [7, 11) is 0. The minimum atomic E-state index is -2.51. The van der Waals surface area contributed by atoms with Gasteiger partial charge in [-0.15, -0.1) is 0 Å². The van der Waals surface area contributed by atoms with Gasteiger partial charge in [-0.05, 0) is 12.8 Å². The lowest BCUT2D eigenvalue weighted by atomic mass is 10.2. The highest BCUT2D eigenvalue weighted by Gasteiger charge is 2.04. The zero-order chi connectivity index (χ0) is 13.8. The van der Waals surface area contributed by atoms with E-state index in [1.807, 2.05) is 0 Å². The summed E-state index contributed by atoms with van der Waals surface area (Å²) in [4.78, 5) is 21.4. The Labute approximate surface area is 105 Å². The van der Waals surface area contributed by atoms with E-state index in [2.05, 4.69) is 10.1 Å². The number of halogens is 2. The molecule has 0 unspecified atom stereocenters. The molecule has 5 nitrogen and oxygen atoms in total. The van der Waals surface area contributed by atoms with Gasteiger partial charge >= 0.3 is 5.97 Å². The van der Waals surface area contributed by atoms with Crippen LogP contribution in [0.4, 0.5) is 8.78 Å². The van der Waals surface area contributed by atoms with E-state index in [1.54, 1.807) is 0 Å². The zero-order valence-corrected chi connectivity index (χ0v) is 10.2. The van der Waals surface area contributed by atoms with Crippen molar-refractivity contribution >= 4 is 11.9 Å². The van der Waals surface area contributed by atoms with Crippen LogP contribution in [0.3, 0.4) is 0 Å². The molecule has 0 radical (unpaired) electrons. The number of aliphatic carboxylic acids is 1. The van der Waals surface area contributed by atoms with Crippen LogP contribution in [0.1, 0.15) is 32.1 Å². The molecule has 0 aliphatic heterocycles. The number of rotatable bonds is 11. The van der Waals surface area contributed by atoms with Gasteiger partial charge in [0.05, 0.1) is 6.61 Å². The lowest BCUT2D eigenvalue weighted by Crippen LogP contribution is -2.25. The van der Waals surface area contributed by atoms with E-state index in [4.69, 9.17) is 5.11 Å². The highest BCUT2D eigenvalue weighted by atomic mass is 19.3. The fourth-order valence-electron chi connectivity index (χ4n) is 1.23. The van der Waals surface area contributed by atoms with Crippen LogP contribution >= 0.6 is 0 Å². The second-order valence-electron chi connectivity index (χ2n) is 3.77. The van der Waals surface area contributed by atoms with Crippen molar-refractivity contribution in [2.75, 3.05) is 19.8 Å². The van der Waals surface area contributed by atoms with Gasteiger partial charge in [0.1, 0.15) is 6.61 Å². The number of amides is 1. The number of nitrogens with one attached hydrogen (secondary N) is 1. The maximum Gasteiger partial charge on any atom is 0.303 e. The molecule has 0 aromatic rings. The topological polar surface area (TPSA) is 75.6 Å². The summed E-state index contributed by atoms with van der Waals surface area (Å²) in [6.45, 7) is -0.203. The molecule has 7 heteroatoms. The minimum Gasteiger partial charge on any atom is -0.481 e. The molecule has 1 amide bonds. The number of unbranched alkanes of at least 4 members (excludes halogenated alkanes) is 2. The number of carbonyl (C=O) groups excluding carboxylic acids is 1. The second kappa shape index (κ2) is 10.9. The molecular formula is C11H19F2NO4. The van der Waals surface area contributed by atoms with E-state index in [9.17, 15) is 18.4 Å². The summed E-state index contributed by atoms with van der Waals surface area (Å²) < 4.78 is 27.9. The molecule has 0 spiro atoms. The van der Waals surface area contributed by atoms with Crippen LogP contribution in [0.25, 0.3) is 0 Å². The maximum atomic E-state index is 11.7. The summed E-state index contributed by atoms with van der Waals surface area (Å²) >= 11 is 0. The fourth-order valence-corrected chi connectivity index (χ4v) is 1.23. The molecule has 2 N–H and O–H groups in total. The first-order valence-electron chi connectivity index (χ1n) is 5.86. The van der Waals surface area contributed by atoms with Gasteiger partial charge in [0.25, 0.3) is 6.43 Å². The number of carbonyl (C=O) groups is 2. The molecule has 0 atom stereocenters. The normalized spacial score (nSPS) is 10.6. The highest BCUT2D eigenvalue weighted by Crippen LogP contribution is 1.98. The zero-order valence-electron chi connectivity index (χ0n) is 10.2. The fraction of sp³-hybridized carbons (Fsp3) is 0.818. The standard InChI is InChI=1S/C11H19F2NO4/c12-9(13)8-18-7-5-10(15)14-6-3-1-2-4-11(16)17/h9H,1-8H2,(H,14,15)(H,16,17). The van der Waals surface area contributed by atoms with Crippen molar-refractivity contribution in [1.82, 2.24) is 5.32 Å². The van der Waals surface area contributed by atoms with Gasteiger partial charge in [-0.2, -0.15) is 0 Å². The SMILES string of the molecule is O=C(O)CCCCCNC(=O)CCOCC(F)F. The molecule has 0 aliphatic carbocycles. The number of alkyl halides is 2. The third kappa shape index (κ3) is 12.8. The van der Waals surface area contributed by atoms with Gasteiger partial charge in [0, 0.05) is 19.4 Å². The highest BCUT2D eigenvalue weighted by molar-refractivity contribution is 5.75. The molecule has 0 aromatic heterocycles. The van der Waals surface area contributed by atoms with Crippen molar-refractivity contribution in [2.45, 2.75) is 38.5 Å². The molecule has 0 fully saturated rings. The average Bonchev–Trinajstić information content (AvgIpc) is 2.28. The predicted octanol–water partition coefficient (Wildman–Crippen LogP) is 1.42. The molecular weight excluding hydrogens is 248 g/mol. The third-order valence-corrected chi connectivity index (χ3v) is 2.11. The Morgan fingerprint density at radius 2 is 1.89 bits per heavy atom. The number of hydrogen-bond donors (Lipinski definition) is 2. The van der Waals surface area contributed by atoms with Gasteiger partial charge in [-0.3, -0.25) is 9.59 Å². The molecule has 0 saturated carbocycles. The second-order valence-corrected chi connectivity index (χ2v) is 3.77. The van der Waals surface area contributed by atoms with E-state index in [0.29, 0.717) is 19.4 Å². The summed E-state index contributed by atoms with van der Waals surface area (Å²) in [5, 5.41) is 11.0. The molecule has 0 bridgehead atoms. The average molecular weight is 267 g/mol. The molecule has 0 rings (SSSR count). The third-order valence-electron chi connectivity index (χ3n) is 2.11. The maximum absolute atomic E-state index is 11.7. The predicted molar refractivity (Wildman–Crippen MR) is 60.6 cm³/mol. The Kier molecular flexibility index (Phi) is 10.1. The molecule has 0 aromatic carbocycles. The smallest absolute Gasteiger partial charge is 0.303 e. The van der Waals surface area contributed by atoms with Crippen molar-refractivity contribution in [3.63, 3.8) is 0 Å². The Morgan fingerprint density at radius 1 is 1.17 bits per heavy atom. The van der Waals surface area contributed by atoms with Crippen LogP contribution in [-0.2, 0) is 14.3 Å². The van der Waals surface area contributed by atoms with Gasteiger partial charge in [0.15, 0.2) is 0 Å². The summed E-state index contributed by atoms with van der Waals surface area (Å²) in [5.41, 5.74) is 0. The first-order chi connectivity index (χ1) is 8.52. The van der Waals surface area contributed by atoms with Crippen LogP contribution in [0, 0.1) is 0 Å². The first kappa shape index (κ1) is 16.8. The Bertz CT molecular complexity index is 249. The number of carboxylic acids is 1. The minimum absolute atomic E-state index is 0.0187. The Balaban J connectivity index is 3.24. The Hall–Kier alpha value is -1.24. The van der Waals surface area contributed by atoms with E-state index in [0.717, 1.165) is 6.42 Å². The van der Waals surface area contributed by atoms with E-state index >= 15 is 0 Å². The van der Waals surface area contributed by atoms with Gasteiger partial charge in [-0.25, -0.2) is 8.78 Å². The number of carboxylic acid groups (broad SMARTS) is 1. The summed E-state index contributed by atoms with van der Waals surface area (Å²) in [5.74, 6) is -1.07. The monoisotopic (exact) mass is 267 g/mol. The van der Waals surface area contributed by atoms with Gasteiger partial charge in [0.2, 0.25) is 5.91 Å².